The van der Waals surface area contributed by atoms with Gasteiger partial charge in [-0.2, -0.15) is 5.26 Å². The van der Waals surface area contributed by atoms with Crippen LogP contribution in [-0.2, 0) is 0 Å². The highest BCUT2D eigenvalue weighted by Gasteiger charge is 2.24. The molecule has 0 radical (unpaired) electrons. The third kappa shape index (κ3) is 4.88. The number of aromatic nitrogens is 3. The van der Waals surface area contributed by atoms with Crippen molar-refractivity contribution in [3.05, 3.63) is 95.4 Å². The lowest BCUT2D eigenvalue weighted by Gasteiger charge is -2.23. The Kier molecular flexibility index (Phi) is 7.45. The van der Waals surface area contributed by atoms with Crippen LogP contribution in [0.4, 0.5) is 0 Å². The van der Waals surface area contributed by atoms with Crippen LogP contribution in [0.3, 0.4) is 0 Å². The van der Waals surface area contributed by atoms with Crippen LogP contribution in [0.2, 0.25) is 0 Å². The highest BCUT2D eigenvalue weighted by atomic mass is 15.3. The number of hydrogen-bond donors (Lipinski definition) is 0. The molecular weight excluding hydrogens is 404 g/mol. The number of benzene rings is 2. The number of nitrogens with zero attached hydrogens (tertiary/aromatic N) is 4. The normalized spacial score (nSPS) is 11.7. The highest BCUT2D eigenvalue weighted by molar-refractivity contribution is 5.74. The second-order valence-corrected chi connectivity index (χ2v) is 8.83. The summed E-state index contributed by atoms with van der Waals surface area (Å²) in [5, 5.41) is 18.8. The van der Waals surface area contributed by atoms with Gasteiger partial charge in [0, 0.05) is 11.1 Å². The zero-order valence-corrected chi connectivity index (χ0v) is 20.4. The maximum absolute atomic E-state index is 9.51. The van der Waals surface area contributed by atoms with Gasteiger partial charge in [0.25, 0.3) is 0 Å². The van der Waals surface area contributed by atoms with Crippen LogP contribution in [0.1, 0.15) is 74.5 Å². The Hall–Kier alpha value is -3.71. The molecule has 4 nitrogen and oxygen atoms in total. The molecule has 2 aromatic carbocycles. The van der Waals surface area contributed by atoms with Gasteiger partial charge in [-0.05, 0) is 54.5 Å². The van der Waals surface area contributed by atoms with Gasteiger partial charge in [0.2, 0.25) is 0 Å². The summed E-state index contributed by atoms with van der Waals surface area (Å²) < 4.78 is 2.14. The van der Waals surface area contributed by atoms with E-state index in [-0.39, 0.29) is 0 Å². The van der Waals surface area contributed by atoms with Gasteiger partial charge in [0.05, 0.1) is 17.3 Å². The molecular formula is C29H32N4. The van der Waals surface area contributed by atoms with E-state index in [1.165, 1.54) is 11.1 Å². The van der Waals surface area contributed by atoms with Gasteiger partial charge < -0.3 is 0 Å². The SMILES string of the molecule is C=C(/C=C\C=C/C)c1nnc(-c2cc(C#N)ccc2C)n1-c1c(C(C)C)cccc1C(C)C. The molecule has 1 heterocycles. The molecule has 0 aliphatic carbocycles. The first kappa shape index (κ1) is 23.9. The first-order valence-corrected chi connectivity index (χ1v) is 11.4. The third-order valence-corrected chi connectivity index (χ3v) is 5.72. The molecule has 0 saturated heterocycles. The number of aryl methyl sites for hydroxylation is 1. The first-order valence-electron chi connectivity index (χ1n) is 11.4. The topological polar surface area (TPSA) is 54.5 Å². The van der Waals surface area contributed by atoms with Gasteiger partial charge in [0.1, 0.15) is 0 Å². The first-order chi connectivity index (χ1) is 15.8. The molecule has 0 amide bonds. The number of hydrogen-bond acceptors (Lipinski definition) is 3. The van der Waals surface area contributed by atoms with Crippen molar-refractivity contribution in [2.75, 3.05) is 0 Å². The maximum atomic E-state index is 9.51. The zero-order chi connectivity index (χ0) is 24.1. The molecule has 4 heteroatoms. The molecule has 3 aromatic rings. The monoisotopic (exact) mass is 436 g/mol. The average Bonchev–Trinajstić information content (AvgIpc) is 3.23. The lowest BCUT2D eigenvalue weighted by molar-refractivity contribution is 0.803. The number of para-hydroxylation sites is 1. The van der Waals surface area contributed by atoms with E-state index >= 15 is 0 Å². The van der Waals surface area contributed by atoms with Crippen molar-refractivity contribution in [1.29, 1.82) is 5.26 Å². The van der Waals surface area contributed by atoms with Crippen molar-refractivity contribution in [2.24, 2.45) is 0 Å². The van der Waals surface area contributed by atoms with Gasteiger partial charge >= 0.3 is 0 Å². The minimum absolute atomic E-state index is 0.306. The fraction of sp³-hybridized carbons (Fsp3) is 0.276. The van der Waals surface area contributed by atoms with Crippen LogP contribution in [-0.4, -0.2) is 14.8 Å². The molecule has 0 spiro atoms. The van der Waals surface area contributed by atoms with E-state index < -0.39 is 0 Å². The van der Waals surface area contributed by atoms with Crippen LogP contribution in [0.25, 0.3) is 22.6 Å². The predicted molar refractivity (Wildman–Crippen MR) is 137 cm³/mol. The summed E-state index contributed by atoms with van der Waals surface area (Å²) >= 11 is 0. The number of rotatable bonds is 7. The quantitative estimate of drug-likeness (QED) is 0.360. The largest absolute Gasteiger partial charge is 0.274 e. The van der Waals surface area contributed by atoms with Crippen molar-refractivity contribution < 1.29 is 0 Å². The zero-order valence-electron chi connectivity index (χ0n) is 20.4. The smallest absolute Gasteiger partial charge is 0.169 e. The molecule has 33 heavy (non-hydrogen) atoms. The number of allylic oxidation sites excluding steroid dienone is 5. The Labute approximate surface area is 197 Å². The summed E-state index contributed by atoms with van der Waals surface area (Å²) in [6.45, 7) is 17.1. The second kappa shape index (κ2) is 10.3. The van der Waals surface area contributed by atoms with E-state index in [1.54, 1.807) is 0 Å². The Balaban J connectivity index is 2.43. The highest BCUT2D eigenvalue weighted by Crippen LogP contribution is 2.36. The minimum atomic E-state index is 0.306. The van der Waals surface area contributed by atoms with E-state index in [1.807, 2.05) is 56.4 Å². The van der Waals surface area contributed by atoms with Crippen molar-refractivity contribution in [1.82, 2.24) is 14.8 Å². The Morgan fingerprint density at radius 1 is 1.03 bits per heavy atom. The molecule has 0 fully saturated rings. The van der Waals surface area contributed by atoms with Crippen LogP contribution < -0.4 is 0 Å². The van der Waals surface area contributed by atoms with Crippen LogP contribution in [0, 0.1) is 18.3 Å². The molecule has 1 aromatic heterocycles. The van der Waals surface area contributed by atoms with Crippen LogP contribution in [0.15, 0.2) is 67.3 Å². The third-order valence-electron chi connectivity index (χ3n) is 5.72. The summed E-state index contributed by atoms with van der Waals surface area (Å²) in [5.41, 5.74) is 6.85. The predicted octanol–water partition coefficient (Wildman–Crippen LogP) is 7.51. The molecule has 168 valence electrons. The van der Waals surface area contributed by atoms with E-state index in [0.29, 0.717) is 23.2 Å². The molecule has 0 atom stereocenters. The maximum Gasteiger partial charge on any atom is 0.169 e. The Bertz CT molecular complexity index is 1240. The van der Waals surface area contributed by atoms with Crippen LogP contribution in [0.5, 0.6) is 0 Å². The minimum Gasteiger partial charge on any atom is -0.274 e. The van der Waals surface area contributed by atoms with Gasteiger partial charge in [-0.3, -0.25) is 4.57 Å². The molecule has 0 aliphatic heterocycles. The molecule has 0 unspecified atom stereocenters. The molecule has 0 aliphatic rings. The van der Waals surface area contributed by atoms with Gasteiger partial charge in [-0.15, -0.1) is 10.2 Å². The van der Waals surface area contributed by atoms with Crippen molar-refractivity contribution in [2.45, 2.75) is 53.4 Å². The second-order valence-electron chi connectivity index (χ2n) is 8.83. The van der Waals surface area contributed by atoms with Crippen molar-refractivity contribution >= 4 is 5.57 Å². The molecule has 0 N–H and O–H groups in total. The van der Waals surface area contributed by atoms with E-state index in [0.717, 1.165) is 28.2 Å². The average molecular weight is 437 g/mol. The van der Waals surface area contributed by atoms with E-state index in [9.17, 15) is 5.26 Å². The molecule has 0 bridgehead atoms. The van der Waals surface area contributed by atoms with Gasteiger partial charge in [-0.25, -0.2) is 0 Å². The standard InChI is InChI=1S/C29H32N4/c1-8-9-10-12-22(7)28-31-32-29(26-17-23(18-30)16-15-21(26)6)33(28)27-24(19(2)3)13-11-14-25(27)20(4)5/h8-17,19-20H,7H2,1-6H3/b9-8-,12-10-. The number of nitriles is 1. The lowest BCUT2D eigenvalue weighted by atomic mass is 9.92. The van der Waals surface area contributed by atoms with Gasteiger partial charge in [-0.1, -0.05) is 82.8 Å². The van der Waals surface area contributed by atoms with Gasteiger partial charge in [0.15, 0.2) is 11.6 Å². The summed E-state index contributed by atoms with van der Waals surface area (Å²) in [5.74, 6) is 2.03. The molecule has 3 rings (SSSR count). The van der Waals surface area contributed by atoms with Crippen molar-refractivity contribution in [3.8, 4) is 23.1 Å². The summed E-state index contributed by atoms with van der Waals surface area (Å²) in [6.07, 6.45) is 7.85. The Morgan fingerprint density at radius 3 is 2.27 bits per heavy atom. The van der Waals surface area contributed by atoms with Crippen molar-refractivity contribution in [3.63, 3.8) is 0 Å². The fourth-order valence-electron chi connectivity index (χ4n) is 3.94. The van der Waals surface area contributed by atoms with E-state index in [2.05, 4.69) is 73.3 Å². The summed E-state index contributed by atoms with van der Waals surface area (Å²) in [4.78, 5) is 0. The van der Waals surface area contributed by atoms with Crippen LogP contribution >= 0.6 is 0 Å². The summed E-state index contributed by atoms with van der Waals surface area (Å²) in [6, 6.07) is 14.4. The lowest BCUT2D eigenvalue weighted by Crippen LogP contribution is -2.11. The van der Waals surface area contributed by atoms with E-state index in [4.69, 9.17) is 0 Å². The summed E-state index contributed by atoms with van der Waals surface area (Å²) in [7, 11) is 0. The Morgan fingerprint density at radius 2 is 1.70 bits per heavy atom. The molecule has 0 saturated carbocycles. The fourth-order valence-corrected chi connectivity index (χ4v) is 3.94.